The number of carbonyl (C=O) groups excluding carboxylic acids is 1. The summed E-state index contributed by atoms with van der Waals surface area (Å²) in [6.07, 6.45) is 6.56. The van der Waals surface area contributed by atoms with Crippen molar-refractivity contribution in [2.24, 2.45) is 11.8 Å². The zero-order chi connectivity index (χ0) is 19.2. The third kappa shape index (κ3) is 3.43. The minimum atomic E-state index is -3.48. The van der Waals surface area contributed by atoms with Crippen LogP contribution in [0.1, 0.15) is 48.7 Å². The largest absolute Gasteiger partial charge is 0.440 e. The second-order valence-electron chi connectivity index (χ2n) is 7.83. The van der Waals surface area contributed by atoms with E-state index in [0.717, 1.165) is 31.2 Å². The van der Waals surface area contributed by atoms with Gasteiger partial charge in [0, 0.05) is 18.0 Å². The third-order valence-electron chi connectivity index (χ3n) is 6.01. The van der Waals surface area contributed by atoms with Crippen molar-refractivity contribution in [3.05, 3.63) is 47.7 Å². The van der Waals surface area contributed by atoms with E-state index in [4.69, 9.17) is 4.42 Å². The van der Waals surface area contributed by atoms with Gasteiger partial charge in [0.2, 0.25) is 14.9 Å². The number of sulfone groups is 1. The quantitative estimate of drug-likeness (QED) is 0.775. The molecule has 144 valence electrons. The van der Waals surface area contributed by atoms with E-state index in [0.29, 0.717) is 11.8 Å². The predicted octanol–water partition coefficient (Wildman–Crippen LogP) is 4.08. The lowest BCUT2D eigenvalue weighted by atomic mass is 9.93. The molecule has 3 atom stereocenters. The standard InChI is InChI=1S/C21H25NO4S/c1-3-14-5-4-6-17(12-14)22(18-13-15-7-8-16(18)11-15)21(23)19-9-10-20(26-19)27(2,24)25/h4-6,9-10,12,15-16,18H,3,7-8,11,13H2,1-2H3/t15-,16-,18-/m0/s1. The Morgan fingerprint density at radius 2 is 2.00 bits per heavy atom. The number of rotatable bonds is 5. The molecule has 2 aliphatic carbocycles. The summed E-state index contributed by atoms with van der Waals surface area (Å²) >= 11 is 0. The van der Waals surface area contributed by atoms with E-state index in [1.165, 1.54) is 30.5 Å². The number of hydrogen-bond donors (Lipinski definition) is 0. The highest BCUT2D eigenvalue weighted by Crippen LogP contribution is 2.48. The van der Waals surface area contributed by atoms with Crippen molar-refractivity contribution in [1.29, 1.82) is 0 Å². The Bertz CT molecular complexity index is 962. The van der Waals surface area contributed by atoms with Gasteiger partial charge in [0.05, 0.1) is 0 Å². The van der Waals surface area contributed by atoms with Crippen molar-refractivity contribution >= 4 is 21.4 Å². The monoisotopic (exact) mass is 387 g/mol. The fourth-order valence-corrected chi connectivity index (χ4v) is 5.22. The first-order chi connectivity index (χ1) is 12.9. The first-order valence-corrected chi connectivity index (χ1v) is 11.5. The highest BCUT2D eigenvalue weighted by atomic mass is 32.2. The summed E-state index contributed by atoms with van der Waals surface area (Å²) in [7, 11) is -3.48. The molecule has 0 saturated heterocycles. The maximum atomic E-state index is 13.4. The first kappa shape index (κ1) is 18.3. The summed E-state index contributed by atoms with van der Waals surface area (Å²) in [5.41, 5.74) is 2.04. The van der Waals surface area contributed by atoms with Gasteiger partial charge in [-0.1, -0.05) is 25.5 Å². The molecule has 0 N–H and O–H groups in total. The lowest BCUT2D eigenvalue weighted by Crippen LogP contribution is -2.43. The van der Waals surface area contributed by atoms with Crippen molar-refractivity contribution in [1.82, 2.24) is 0 Å². The van der Waals surface area contributed by atoms with E-state index in [2.05, 4.69) is 19.1 Å². The van der Waals surface area contributed by atoms with Gasteiger partial charge >= 0.3 is 0 Å². The molecule has 1 amide bonds. The van der Waals surface area contributed by atoms with E-state index in [9.17, 15) is 13.2 Å². The smallest absolute Gasteiger partial charge is 0.294 e. The van der Waals surface area contributed by atoms with Crippen LogP contribution in [0.15, 0.2) is 45.9 Å². The number of nitrogens with zero attached hydrogens (tertiary/aromatic N) is 1. The summed E-state index contributed by atoms with van der Waals surface area (Å²) in [5, 5.41) is -0.166. The Morgan fingerprint density at radius 3 is 2.59 bits per heavy atom. The van der Waals surface area contributed by atoms with E-state index >= 15 is 0 Å². The number of carbonyl (C=O) groups is 1. The summed E-state index contributed by atoms with van der Waals surface area (Å²) in [5.74, 6) is 1.03. The number of benzene rings is 1. The van der Waals surface area contributed by atoms with Crippen LogP contribution in [0, 0.1) is 11.8 Å². The van der Waals surface area contributed by atoms with Gasteiger partial charge in [-0.15, -0.1) is 0 Å². The lowest BCUT2D eigenvalue weighted by Gasteiger charge is -2.34. The highest BCUT2D eigenvalue weighted by molar-refractivity contribution is 7.90. The van der Waals surface area contributed by atoms with Crippen LogP contribution >= 0.6 is 0 Å². The highest BCUT2D eigenvalue weighted by Gasteiger charge is 2.45. The minimum absolute atomic E-state index is 0.0834. The lowest BCUT2D eigenvalue weighted by molar-refractivity contribution is 0.0935. The molecule has 2 fully saturated rings. The van der Waals surface area contributed by atoms with Gasteiger partial charge in [-0.25, -0.2) is 8.42 Å². The molecular weight excluding hydrogens is 362 g/mol. The van der Waals surface area contributed by atoms with Gasteiger partial charge in [-0.2, -0.15) is 0 Å². The molecule has 4 rings (SSSR count). The van der Waals surface area contributed by atoms with Gasteiger partial charge in [0.1, 0.15) is 0 Å². The van der Waals surface area contributed by atoms with E-state index in [1.54, 1.807) is 0 Å². The predicted molar refractivity (Wildman–Crippen MR) is 104 cm³/mol. The van der Waals surface area contributed by atoms with Crippen LogP contribution in [0.2, 0.25) is 0 Å². The van der Waals surface area contributed by atoms with Gasteiger partial charge in [-0.05, 0) is 67.3 Å². The van der Waals surface area contributed by atoms with Gasteiger partial charge < -0.3 is 9.32 Å². The maximum absolute atomic E-state index is 13.4. The molecule has 2 aromatic rings. The van der Waals surface area contributed by atoms with Crippen molar-refractivity contribution in [3.63, 3.8) is 0 Å². The Morgan fingerprint density at radius 1 is 1.19 bits per heavy atom. The number of fused-ring (bicyclic) bond motifs is 2. The van der Waals surface area contributed by atoms with Crippen LogP contribution in [0.5, 0.6) is 0 Å². The van der Waals surface area contributed by atoms with Crippen molar-refractivity contribution in [2.75, 3.05) is 11.2 Å². The number of amides is 1. The van der Waals surface area contributed by atoms with Crippen molar-refractivity contribution in [3.8, 4) is 0 Å². The molecule has 0 radical (unpaired) electrons. The molecule has 6 heteroatoms. The molecule has 27 heavy (non-hydrogen) atoms. The SMILES string of the molecule is CCc1cccc(N(C(=O)c2ccc(S(C)(=O)=O)o2)[C@H]2C[C@H]3CC[C@H]2C3)c1. The molecule has 1 heterocycles. The molecule has 0 unspecified atom stereocenters. The zero-order valence-electron chi connectivity index (χ0n) is 15.7. The Kier molecular flexibility index (Phi) is 4.62. The fraction of sp³-hybridized carbons (Fsp3) is 0.476. The Labute approximate surface area is 160 Å². The molecule has 2 bridgehead atoms. The zero-order valence-corrected chi connectivity index (χ0v) is 16.5. The average molecular weight is 388 g/mol. The first-order valence-electron chi connectivity index (χ1n) is 9.59. The Balaban J connectivity index is 1.73. The molecular formula is C21H25NO4S. The van der Waals surface area contributed by atoms with E-state index < -0.39 is 9.84 Å². The number of aryl methyl sites for hydroxylation is 1. The fourth-order valence-electron chi connectivity index (χ4n) is 4.67. The maximum Gasteiger partial charge on any atom is 0.294 e. The van der Waals surface area contributed by atoms with Gasteiger partial charge in [0.15, 0.2) is 5.76 Å². The second-order valence-corrected chi connectivity index (χ2v) is 9.78. The van der Waals surface area contributed by atoms with Crippen LogP contribution < -0.4 is 4.90 Å². The van der Waals surface area contributed by atoms with Crippen LogP contribution in [0.4, 0.5) is 5.69 Å². The molecule has 2 aliphatic rings. The van der Waals surface area contributed by atoms with E-state index in [1.807, 2.05) is 17.0 Å². The summed E-state index contributed by atoms with van der Waals surface area (Å²) in [4.78, 5) is 15.2. The topological polar surface area (TPSA) is 67.6 Å². The van der Waals surface area contributed by atoms with Crippen LogP contribution in [0.3, 0.4) is 0 Å². The number of furan rings is 1. The molecule has 0 spiro atoms. The molecule has 5 nitrogen and oxygen atoms in total. The van der Waals surface area contributed by atoms with Crippen molar-refractivity contribution < 1.29 is 17.6 Å². The van der Waals surface area contributed by atoms with Crippen LogP contribution in [-0.4, -0.2) is 26.6 Å². The average Bonchev–Trinajstić information content (AvgIpc) is 3.38. The number of hydrogen-bond acceptors (Lipinski definition) is 4. The van der Waals surface area contributed by atoms with Gasteiger partial charge in [0.25, 0.3) is 5.91 Å². The summed E-state index contributed by atoms with van der Waals surface area (Å²) in [6.45, 7) is 2.09. The third-order valence-corrected chi connectivity index (χ3v) is 6.96. The second kappa shape index (κ2) is 6.82. The van der Waals surface area contributed by atoms with Crippen LogP contribution in [0.25, 0.3) is 0 Å². The van der Waals surface area contributed by atoms with Crippen molar-refractivity contribution in [2.45, 2.75) is 50.2 Å². The Hall–Kier alpha value is -2.08. The van der Waals surface area contributed by atoms with E-state index in [-0.39, 0.29) is 22.8 Å². The van der Waals surface area contributed by atoms with Gasteiger partial charge in [-0.3, -0.25) is 4.79 Å². The molecule has 2 saturated carbocycles. The molecule has 0 aliphatic heterocycles. The summed E-state index contributed by atoms with van der Waals surface area (Å²) < 4.78 is 28.9. The summed E-state index contributed by atoms with van der Waals surface area (Å²) in [6, 6.07) is 11.0. The van der Waals surface area contributed by atoms with Crippen LogP contribution in [-0.2, 0) is 16.3 Å². The molecule has 1 aromatic carbocycles. The normalized spacial score (nSPS) is 24.3. The minimum Gasteiger partial charge on any atom is -0.440 e. The number of anilines is 1. The molecule has 1 aromatic heterocycles.